The molecule has 0 aliphatic carbocycles. The molecule has 0 N–H and O–H groups in total. The summed E-state index contributed by atoms with van der Waals surface area (Å²) in [7, 11) is 0. The fraction of sp³-hybridized carbons (Fsp3) is 0.737. The van der Waals surface area contributed by atoms with E-state index in [9.17, 15) is 0 Å². The monoisotopic (exact) mass is 355 g/mol. The molecular formula is C19H34BrN. The van der Waals surface area contributed by atoms with Gasteiger partial charge in [-0.1, -0.05) is 58.3 Å². The van der Waals surface area contributed by atoms with Crippen molar-refractivity contribution in [1.82, 2.24) is 0 Å². The lowest BCUT2D eigenvalue weighted by atomic mass is 10.1. The van der Waals surface area contributed by atoms with Crippen molar-refractivity contribution in [3.05, 3.63) is 29.6 Å². The molecule has 122 valence electrons. The molecule has 1 nitrogen and oxygen atoms in total. The molecule has 0 amide bonds. The third kappa shape index (κ3) is 10.1. The molecule has 2 heteroatoms. The Hall–Kier alpha value is -0.370. The van der Waals surface area contributed by atoms with Crippen LogP contribution in [0, 0.1) is 13.8 Å². The fourth-order valence-corrected chi connectivity index (χ4v) is 2.65. The molecule has 0 fully saturated rings. The predicted molar refractivity (Wildman–Crippen MR) is 88.0 cm³/mol. The van der Waals surface area contributed by atoms with Crippen molar-refractivity contribution in [3.63, 3.8) is 0 Å². The van der Waals surface area contributed by atoms with Crippen LogP contribution in [0.25, 0.3) is 0 Å². The normalized spacial score (nSPS) is 10.4. The van der Waals surface area contributed by atoms with Crippen LogP contribution in [0.2, 0.25) is 0 Å². The second-order valence-electron chi connectivity index (χ2n) is 6.23. The molecule has 0 aliphatic heterocycles. The Bertz CT molecular complexity index is 363. The number of hydrogen-bond acceptors (Lipinski definition) is 0. The van der Waals surface area contributed by atoms with Crippen molar-refractivity contribution in [2.75, 3.05) is 0 Å². The lowest BCUT2D eigenvalue weighted by Crippen LogP contribution is -3.00. The van der Waals surface area contributed by atoms with Gasteiger partial charge in [-0.25, -0.2) is 4.57 Å². The zero-order chi connectivity index (χ0) is 14.6. The molecule has 0 saturated heterocycles. The molecular weight excluding hydrogens is 322 g/mol. The van der Waals surface area contributed by atoms with Gasteiger partial charge in [0.05, 0.1) is 0 Å². The zero-order valence-corrected chi connectivity index (χ0v) is 15.9. The largest absolute Gasteiger partial charge is 1.00 e. The maximum atomic E-state index is 2.34. The molecule has 0 bridgehead atoms. The second kappa shape index (κ2) is 13.3. The van der Waals surface area contributed by atoms with Gasteiger partial charge < -0.3 is 17.0 Å². The molecule has 0 spiro atoms. The van der Waals surface area contributed by atoms with E-state index in [1.807, 2.05) is 0 Å². The summed E-state index contributed by atoms with van der Waals surface area (Å²) in [6.45, 7) is 7.84. The van der Waals surface area contributed by atoms with Crippen molar-refractivity contribution in [2.45, 2.75) is 91.5 Å². The van der Waals surface area contributed by atoms with E-state index in [0.717, 1.165) is 0 Å². The maximum absolute atomic E-state index is 2.34. The van der Waals surface area contributed by atoms with E-state index in [1.54, 1.807) is 0 Å². The van der Waals surface area contributed by atoms with Crippen LogP contribution in [0.1, 0.15) is 82.3 Å². The first-order valence-corrected chi connectivity index (χ1v) is 8.70. The van der Waals surface area contributed by atoms with Crippen LogP contribution in [0.5, 0.6) is 0 Å². The average molecular weight is 356 g/mol. The Kier molecular flexibility index (Phi) is 13.1. The summed E-state index contributed by atoms with van der Waals surface area (Å²) in [6, 6.07) is 2.23. The van der Waals surface area contributed by atoms with E-state index in [0.29, 0.717) is 0 Å². The number of halogens is 1. The standard InChI is InChI=1S/C19H34N.BrH/c1-4-5-6-7-8-9-10-11-12-13-15-20-16-14-18(2)19(3)17-20;/h14,16-17H,4-13,15H2,1-3H3;1H/q+1;/p-1. The van der Waals surface area contributed by atoms with Crippen LogP contribution in [0.3, 0.4) is 0 Å². The number of pyridine rings is 1. The molecule has 0 aliphatic rings. The zero-order valence-electron chi connectivity index (χ0n) is 14.3. The molecule has 1 rings (SSSR count). The summed E-state index contributed by atoms with van der Waals surface area (Å²) >= 11 is 0. The Morgan fingerprint density at radius 1 is 0.762 bits per heavy atom. The van der Waals surface area contributed by atoms with Gasteiger partial charge in [-0.2, -0.15) is 0 Å². The van der Waals surface area contributed by atoms with Crippen LogP contribution in [0.15, 0.2) is 18.5 Å². The molecule has 1 aromatic rings. The Labute approximate surface area is 142 Å². The lowest BCUT2D eigenvalue weighted by molar-refractivity contribution is -0.697. The van der Waals surface area contributed by atoms with Gasteiger partial charge in [0.15, 0.2) is 12.4 Å². The highest BCUT2D eigenvalue weighted by atomic mass is 79.9. The first-order chi connectivity index (χ1) is 9.74. The number of aromatic nitrogens is 1. The van der Waals surface area contributed by atoms with E-state index < -0.39 is 0 Å². The van der Waals surface area contributed by atoms with Crippen molar-refractivity contribution < 1.29 is 21.5 Å². The summed E-state index contributed by atoms with van der Waals surface area (Å²) < 4.78 is 2.34. The van der Waals surface area contributed by atoms with Crippen LogP contribution >= 0.6 is 0 Å². The van der Waals surface area contributed by atoms with Gasteiger partial charge in [0.25, 0.3) is 0 Å². The highest BCUT2D eigenvalue weighted by molar-refractivity contribution is 5.16. The lowest BCUT2D eigenvalue weighted by Gasteiger charge is -2.02. The van der Waals surface area contributed by atoms with Crippen LogP contribution in [-0.4, -0.2) is 0 Å². The van der Waals surface area contributed by atoms with Gasteiger partial charge in [0.1, 0.15) is 6.54 Å². The quantitative estimate of drug-likeness (QED) is 0.424. The number of aryl methyl sites for hydroxylation is 3. The number of rotatable bonds is 11. The van der Waals surface area contributed by atoms with E-state index in [1.165, 1.54) is 81.9 Å². The molecule has 0 saturated carbocycles. The van der Waals surface area contributed by atoms with Crippen LogP contribution < -0.4 is 21.5 Å². The predicted octanol–water partition coefficient (Wildman–Crippen LogP) is 2.52. The van der Waals surface area contributed by atoms with Gasteiger partial charge in [0, 0.05) is 18.1 Å². The van der Waals surface area contributed by atoms with Crippen LogP contribution in [-0.2, 0) is 6.54 Å². The molecule has 1 aromatic heterocycles. The molecule has 21 heavy (non-hydrogen) atoms. The SMILES string of the molecule is CCCCCCCCCCCC[n+]1ccc(C)c(C)c1.[Br-]. The van der Waals surface area contributed by atoms with Crippen molar-refractivity contribution in [2.24, 2.45) is 0 Å². The van der Waals surface area contributed by atoms with Crippen molar-refractivity contribution in [1.29, 1.82) is 0 Å². The molecule has 1 heterocycles. The maximum Gasteiger partial charge on any atom is 0.171 e. The van der Waals surface area contributed by atoms with Crippen molar-refractivity contribution in [3.8, 4) is 0 Å². The first kappa shape index (κ1) is 20.6. The summed E-state index contributed by atoms with van der Waals surface area (Å²) in [4.78, 5) is 0. The summed E-state index contributed by atoms with van der Waals surface area (Å²) in [5.41, 5.74) is 2.80. The van der Waals surface area contributed by atoms with Crippen LogP contribution in [0.4, 0.5) is 0 Å². The van der Waals surface area contributed by atoms with Gasteiger partial charge in [-0.15, -0.1) is 0 Å². The minimum Gasteiger partial charge on any atom is -1.00 e. The molecule has 0 atom stereocenters. The Balaban J connectivity index is 0.00000400. The molecule has 0 radical (unpaired) electrons. The average Bonchev–Trinajstić information content (AvgIpc) is 2.45. The minimum atomic E-state index is 0. The smallest absolute Gasteiger partial charge is 0.171 e. The van der Waals surface area contributed by atoms with E-state index in [-0.39, 0.29) is 17.0 Å². The van der Waals surface area contributed by atoms with E-state index >= 15 is 0 Å². The molecule has 0 unspecified atom stereocenters. The summed E-state index contributed by atoms with van der Waals surface area (Å²) in [5.74, 6) is 0. The first-order valence-electron chi connectivity index (χ1n) is 8.70. The van der Waals surface area contributed by atoms with Gasteiger partial charge in [0.2, 0.25) is 0 Å². The highest BCUT2D eigenvalue weighted by Crippen LogP contribution is 2.10. The van der Waals surface area contributed by atoms with Gasteiger partial charge >= 0.3 is 0 Å². The topological polar surface area (TPSA) is 3.88 Å². The minimum absolute atomic E-state index is 0. The fourth-order valence-electron chi connectivity index (χ4n) is 2.65. The van der Waals surface area contributed by atoms with E-state index in [2.05, 4.69) is 43.8 Å². The number of nitrogens with zero attached hydrogens (tertiary/aromatic N) is 1. The third-order valence-electron chi connectivity index (χ3n) is 4.27. The molecule has 0 aromatic carbocycles. The van der Waals surface area contributed by atoms with Gasteiger partial charge in [-0.3, -0.25) is 0 Å². The summed E-state index contributed by atoms with van der Waals surface area (Å²) in [6.07, 6.45) is 18.6. The van der Waals surface area contributed by atoms with Gasteiger partial charge in [-0.05, 0) is 25.8 Å². The Morgan fingerprint density at radius 3 is 1.81 bits per heavy atom. The summed E-state index contributed by atoms with van der Waals surface area (Å²) in [5, 5.41) is 0. The van der Waals surface area contributed by atoms with E-state index in [4.69, 9.17) is 0 Å². The Morgan fingerprint density at radius 2 is 1.29 bits per heavy atom. The van der Waals surface area contributed by atoms with Crippen molar-refractivity contribution >= 4 is 0 Å². The number of unbranched alkanes of at least 4 members (excludes halogenated alkanes) is 9. The number of hydrogen-bond donors (Lipinski definition) is 0. The third-order valence-corrected chi connectivity index (χ3v) is 4.27. The highest BCUT2D eigenvalue weighted by Gasteiger charge is 2.02. The second-order valence-corrected chi connectivity index (χ2v) is 6.23.